The number of hydrogen-bond donors (Lipinski definition) is 1. The van der Waals surface area contributed by atoms with Crippen LogP contribution in [0.3, 0.4) is 0 Å². The Kier molecular flexibility index (Phi) is 2.28. The summed E-state index contributed by atoms with van der Waals surface area (Å²) < 4.78 is 0. The first-order valence-corrected chi connectivity index (χ1v) is 4.23. The molecule has 0 aliphatic carbocycles. The Morgan fingerprint density at radius 1 is 1.44 bits per heavy atom. The van der Waals surface area contributed by atoms with Crippen LogP contribution in [0.15, 0.2) is 12.4 Å². The number of nitrogens with zero attached hydrogens (tertiary/aromatic N) is 1. The van der Waals surface area contributed by atoms with Crippen LogP contribution in [0.4, 0.5) is 0 Å². The Labute approximate surface area is 60.1 Å². The summed E-state index contributed by atoms with van der Waals surface area (Å²) in [6.07, 6.45) is 0. The third kappa shape index (κ3) is 1.82. The minimum atomic E-state index is 0.718. The summed E-state index contributed by atoms with van der Waals surface area (Å²) in [6.45, 7) is 5.81. The van der Waals surface area contributed by atoms with Crippen molar-refractivity contribution in [3.8, 4) is 0 Å². The van der Waals surface area contributed by atoms with E-state index in [9.17, 15) is 0 Å². The first kappa shape index (κ1) is 6.81. The van der Waals surface area contributed by atoms with E-state index in [0.29, 0.717) is 0 Å². The number of thioether (sulfide) groups is 1. The van der Waals surface area contributed by atoms with Gasteiger partial charge in [-0.15, -0.1) is 0 Å². The van der Waals surface area contributed by atoms with Crippen molar-refractivity contribution < 1.29 is 0 Å². The van der Waals surface area contributed by atoms with Crippen molar-refractivity contribution in [2.75, 3.05) is 24.6 Å². The Morgan fingerprint density at radius 2 is 2.00 bits per heavy atom. The minimum Gasteiger partial charge on any atom is -0.386 e. The van der Waals surface area contributed by atoms with Crippen molar-refractivity contribution >= 4 is 11.8 Å². The van der Waals surface area contributed by atoms with Crippen molar-refractivity contribution in [1.82, 2.24) is 4.90 Å². The molecule has 52 valence electrons. The second-order valence-electron chi connectivity index (χ2n) is 2.09. The Morgan fingerprint density at radius 3 is 2.33 bits per heavy atom. The lowest BCUT2D eigenvalue weighted by Gasteiger charge is -2.27. The summed E-state index contributed by atoms with van der Waals surface area (Å²) in [5.41, 5.74) is 5.49. The van der Waals surface area contributed by atoms with Crippen LogP contribution in [0.5, 0.6) is 0 Å². The van der Waals surface area contributed by atoms with Crippen molar-refractivity contribution in [3.05, 3.63) is 12.4 Å². The maximum absolute atomic E-state index is 5.49. The van der Waals surface area contributed by atoms with Gasteiger partial charge in [-0.3, -0.25) is 0 Å². The maximum Gasteiger partial charge on any atom is 0.0912 e. The second kappa shape index (κ2) is 3.01. The van der Waals surface area contributed by atoms with E-state index in [0.717, 1.165) is 18.9 Å². The molecule has 0 radical (unpaired) electrons. The lowest BCUT2D eigenvalue weighted by Crippen LogP contribution is -2.34. The van der Waals surface area contributed by atoms with Gasteiger partial charge in [-0.05, 0) is 0 Å². The van der Waals surface area contributed by atoms with Gasteiger partial charge in [-0.1, -0.05) is 6.58 Å². The molecule has 1 rings (SSSR count). The molecule has 0 unspecified atom stereocenters. The predicted octanol–water partition coefficient (Wildman–Crippen LogP) is 0.465. The van der Waals surface area contributed by atoms with Gasteiger partial charge in [-0.25, -0.2) is 0 Å². The van der Waals surface area contributed by atoms with E-state index in [1.54, 1.807) is 0 Å². The molecular weight excluding hydrogens is 132 g/mol. The monoisotopic (exact) mass is 144 g/mol. The van der Waals surface area contributed by atoms with Gasteiger partial charge in [0.2, 0.25) is 0 Å². The molecule has 0 aromatic carbocycles. The zero-order chi connectivity index (χ0) is 6.69. The molecule has 1 aliphatic heterocycles. The van der Waals surface area contributed by atoms with Crippen LogP contribution in [-0.4, -0.2) is 29.5 Å². The lowest BCUT2D eigenvalue weighted by atomic mass is 10.5. The SMILES string of the molecule is C=C(N)N1CCSCC1. The van der Waals surface area contributed by atoms with Crippen LogP contribution < -0.4 is 5.73 Å². The van der Waals surface area contributed by atoms with Crippen LogP contribution in [0.2, 0.25) is 0 Å². The summed E-state index contributed by atoms with van der Waals surface area (Å²) in [6, 6.07) is 0. The Bertz CT molecular complexity index is 108. The van der Waals surface area contributed by atoms with Gasteiger partial charge in [0.15, 0.2) is 0 Å². The summed E-state index contributed by atoms with van der Waals surface area (Å²) in [7, 11) is 0. The van der Waals surface area contributed by atoms with Gasteiger partial charge < -0.3 is 10.6 Å². The average molecular weight is 144 g/mol. The zero-order valence-electron chi connectivity index (χ0n) is 5.47. The third-order valence-corrected chi connectivity index (χ3v) is 2.36. The van der Waals surface area contributed by atoms with E-state index in [1.807, 2.05) is 11.8 Å². The maximum atomic E-state index is 5.49. The van der Waals surface area contributed by atoms with Gasteiger partial charge >= 0.3 is 0 Å². The molecule has 0 saturated carbocycles. The zero-order valence-corrected chi connectivity index (χ0v) is 6.28. The molecule has 2 N–H and O–H groups in total. The van der Waals surface area contributed by atoms with Crippen LogP contribution in [-0.2, 0) is 0 Å². The molecule has 0 aromatic rings. The Hall–Kier alpha value is -0.310. The molecule has 9 heavy (non-hydrogen) atoms. The molecule has 1 aliphatic rings. The van der Waals surface area contributed by atoms with E-state index < -0.39 is 0 Å². The fourth-order valence-electron chi connectivity index (χ4n) is 0.851. The second-order valence-corrected chi connectivity index (χ2v) is 3.32. The highest BCUT2D eigenvalue weighted by Gasteiger charge is 2.08. The molecule has 3 heteroatoms. The van der Waals surface area contributed by atoms with E-state index in [2.05, 4.69) is 11.5 Å². The lowest BCUT2D eigenvalue weighted by molar-refractivity contribution is 0.378. The van der Waals surface area contributed by atoms with Crippen LogP contribution in [0.1, 0.15) is 0 Å². The van der Waals surface area contributed by atoms with Crippen LogP contribution in [0, 0.1) is 0 Å². The van der Waals surface area contributed by atoms with E-state index in [4.69, 9.17) is 5.73 Å². The highest BCUT2D eigenvalue weighted by atomic mass is 32.2. The van der Waals surface area contributed by atoms with Crippen molar-refractivity contribution in [1.29, 1.82) is 0 Å². The van der Waals surface area contributed by atoms with Gasteiger partial charge in [0.25, 0.3) is 0 Å². The van der Waals surface area contributed by atoms with Gasteiger partial charge in [0.1, 0.15) is 0 Å². The van der Waals surface area contributed by atoms with Crippen molar-refractivity contribution in [2.24, 2.45) is 5.73 Å². The molecule has 1 saturated heterocycles. The summed E-state index contributed by atoms with van der Waals surface area (Å²) in [5.74, 6) is 3.10. The van der Waals surface area contributed by atoms with Crippen molar-refractivity contribution in [2.45, 2.75) is 0 Å². The topological polar surface area (TPSA) is 29.3 Å². The smallest absolute Gasteiger partial charge is 0.0912 e. The molecule has 0 aromatic heterocycles. The normalized spacial score (nSPS) is 19.8. The van der Waals surface area contributed by atoms with Crippen LogP contribution in [0.25, 0.3) is 0 Å². The fraction of sp³-hybridized carbons (Fsp3) is 0.667. The highest BCUT2D eigenvalue weighted by molar-refractivity contribution is 7.99. The number of rotatable bonds is 1. The summed E-state index contributed by atoms with van der Waals surface area (Å²) >= 11 is 1.98. The number of nitrogens with two attached hydrogens (primary N) is 1. The van der Waals surface area contributed by atoms with E-state index in [-0.39, 0.29) is 0 Å². The van der Waals surface area contributed by atoms with Gasteiger partial charge in [0, 0.05) is 24.6 Å². The fourth-order valence-corrected chi connectivity index (χ4v) is 1.75. The van der Waals surface area contributed by atoms with Crippen LogP contribution >= 0.6 is 11.8 Å². The van der Waals surface area contributed by atoms with Gasteiger partial charge in [0.05, 0.1) is 5.82 Å². The molecule has 0 bridgehead atoms. The van der Waals surface area contributed by atoms with E-state index in [1.165, 1.54) is 11.5 Å². The third-order valence-electron chi connectivity index (χ3n) is 1.42. The molecule has 1 heterocycles. The largest absolute Gasteiger partial charge is 0.386 e. The molecule has 0 spiro atoms. The quantitative estimate of drug-likeness (QED) is 0.580. The molecular formula is C6H12N2S. The summed E-state index contributed by atoms with van der Waals surface area (Å²) in [5, 5.41) is 0. The average Bonchev–Trinajstić information content (AvgIpc) is 1.90. The minimum absolute atomic E-state index is 0.718. The van der Waals surface area contributed by atoms with Gasteiger partial charge in [-0.2, -0.15) is 11.8 Å². The highest BCUT2D eigenvalue weighted by Crippen LogP contribution is 2.10. The number of hydrogen-bond acceptors (Lipinski definition) is 3. The molecule has 2 nitrogen and oxygen atoms in total. The summed E-state index contributed by atoms with van der Waals surface area (Å²) in [4.78, 5) is 2.12. The van der Waals surface area contributed by atoms with E-state index >= 15 is 0 Å². The standard InChI is InChI=1S/C6H12N2S/c1-6(7)8-2-4-9-5-3-8/h1-5,7H2. The molecule has 0 atom stereocenters. The predicted molar refractivity (Wildman–Crippen MR) is 42.2 cm³/mol. The van der Waals surface area contributed by atoms with Crippen molar-refractivity contribution in [3.63, 3.8) is 0 Å². The first-order chi connectivity index (χ1) is 4.30. The molecule has 1 fully saturated rings. The molecule has 0 amide bonds. The Balaban J connectivity index is 2.31. The first-order valence-electron chi connectivity index (χ1n) is 3.08.